The number of ether oxygens (including phenoxy) is 2. The van der Waals surface area contributed by atoms with Crippen LogP contribution in [0.4, 0.5) is 0 Å². The standard InChI is InChI=1S/C9H13BrO2S/c1-3-11-9(12-4-2)8-7(10)5-6-13-8/h5-6,9H,3-4H2,1-2H3. The van der Waals surface area contributed by atoms with E-state index in [0.717, 1.165) is 9.35 Å². The maximum atomic E-state index is 5.47. The summed E-state index contributed by atoms with van der Waals surface area (Å²) in [4.78, 5) is 1.10. The topological polar surface area (TPSA) is 18.5 Å². The number of hydrogen-bond donors (Lipinski definition) is 0. The third kappa shape index (κ3) is 3.06. The molecule has 1 rings (SSSR count). The van der Waals surface area contributed by atoms with E-state index in [1.54, 1.807) is 11.3 Å². The Bertz CT molecular complexity index is 244. The maximum absolute atomic E-state index is 5.47. The summed E-state index contributed by atoms with van der Waals surface area (Å²) in [6.07, 6.45) is -0.218. The van der Waals surface area contributed by atoms with E-state index in [9.17, 15) is 0 Å². The average Bonchev–Trinajstić information content (AvgIpc) is 2.51. The van der Waals surface area contributed by atoms with Gasteiger partial charge in [-0.1, -0.05) is 0 Å². The minimum Gasteiger partial charge on any atom is -0.348 e. The summed E-state index contributed by atoms with van der Waals surface area (Å²) in [6.45, 7) is 5.26. The molecular formula is C9H13BrO2S. The molecular weight excluding hydrogens is 252 g/mol. The molecule has 0 N–H and O–H groups in total. The van der Waals surface area contributed by atoms with Gasteiger partial charge < -0.3 is 9.47 Å². The van der Waals surface area contributed by atoms with E-state index in [4.69, 9.17) is 9.47 Å². The molecule has 0 aliphatic carbocycles. The molecule has 0 saturated carbocycles. The van der Waals surface area contributed by atoms with Crippen LogP contribution in [0.5, 0.6) is 0 Å². The Morgan fingerprint density at radius 1 is 1.38 bits per heavy atom. The van der Waals surface area contributed by atoms with Crippen molar-refractivity contribution in [2.45, 2.75) is 20.1 Å². The Labute approximate surface area is 91.0 Å². The van der Waals surface area contributed by atoms with Gasteiger partial charge in [-0.3, -0.25) is 0 Å². The number of rotatable bonds is 5. The number of halogens is 1. The molecule has 0 amide bonds. The highest BCUT2D eigenvalue weighted by Crippen LogP contribution is 2.31. The van der Waals surface area contributed by atoms with Crippen LogP contribution in [0.1, 0.15) is 25.0 Å². The third-order valence-corrected chi connectivity index (χ3v) is 3.39. The molecule has 0 aromatic carbocycles. The van der Waals surface area contributed by atoms with Crippen LogP contribution in [-0.2, 0) is 9.47 Å². The summed E-state index contributed by atoms with van der Waals surface area (Å²) in [5.74, 6) is 0. The molecule has 0 atom stereocenters. The fourth-order valence-corrected chi connectivity index (χ4v) is 2.53. The van der Waals surface area contributed by atoms with Gasteiger partial charge in [0.1, 0.15) is 0 Å². The van der Waals surface area contributed by atoms with Gasteiger partial charge in [-0.15, -0.1) is 11.3 Å². The van der Waals surface area contributed by atoms with Gasteiger partial charge in [-0.2, -0.15) is 0 Å². The normalized spacial score (nSPS) is 11.1. The van der Waals surface area contributed by atoms with Crippen LogP contribution in [0.15, 0.2) is 15.9 Å². The first-order valence-corrected chi connectivity index (χ1v) is 5.93. The second kappa shape index (κ2) is 5.75. The van der Waals surface area contributed by atoms with Crippen LogP contribution in [0.2, 0.25) is 0 Å². The summed E-state index contributed by atoms with van der Waals surface area (Å²) in [5, 5.41) is 2.02. The lowest BCUT2D eigenvalue weighted by Gasteiger charge is -2.15. The van der Waals surface area contributed by atoms with E-state index >= 15 is 0 Å². The molecule has 2 nitrogen and oxygen atoms in total. The summed E-state index contributed by atoms with van der Waals surface area (Å²) in [5.41, 5.74) is 0. The highest BCUT2D eigenvalue weighted by molar-refractivity contribution is 9.10. The van der Waals surface area contributed by atoms with Crippen LogP contribution in [0.25, 0.3) is 0 Å². The number of thiophene rings is 1. The van der Waals surface area contributed by atoms with E-state index < -0.39 is 0 Å². The van der Waals surface area contributed by atoms with Gasteiger partial charge in [-0.25, -0.2) is 0 Å². The maximum Gasteiger partial charge on any atom is 0.194 e. The Kier molecular flexibility index (Phi) is 4.94. The first-order valence-electron chi connectivity index (χ1n) is 4.25. The lowest BCUT2D eigenvalue weighted by Crippen LogP contribution is -2.07. The molecule has 0 unspecified atom stereocenters. The molecule has 0 fully saturated rings. The molecule has 0 aliphatic rings. The van der Waals surface area contributed by atoms with E-state index in [1.807, 2.05) is 25.3 Å². The highest BCUT2D eigenvalue weighted by atomic mass is 79.9. The molecule has 0 radical (unpaired) electrons. The van der Waals surface area contributed by atoms with Crippen molar-refractivity contribution in [2.24, 2.45) is 0 Å². The fraction of sp³-hybridized carbons (Fsp3) is 0.556. The van der Waals surface area contributed by atoms with Crippen molar-refractivity contribution >= 4 is 27.3 Å². The van der Waals surface area contributed by atoms with Crippen LogP contribution in [0, 0.1) is 0 Å². The minimum atomic E-state index is -0.218. The molecule has 4 heteroatoms. The predicted octanol–water partition coefficient (Wildman–Crippen LogP) is 3.58. The van der Waals surface area contributed by atoms with Crippen molar-refractivity contribution in [2.75, 3.05) is 13.2 Å². The van der Waals surface area contributed by atoms with Crippen molar-refractivity contribution in [1.29, 1.82) is 0 Å². The lowest BCUT2D eigenvalue weighted by atomic mass is 10.4. The lowest BCUT2D eigenvalue weighted by molar-refractivity contribution is -0.138. The van der Waals surface area contributed by atoms with Gasteiger partial charge in [0.05, 0.1) is 4.88 Å². The number of hydrogen-bond acceptors (Lipinski definition) is 3. The van der Waals surface area contributed by atoms with Crippen molar-refractivity contribution < 1.29 is 9.47 Å². The van der Waals surface area contributed by atoms with E-state index in [0.29, 0.717) is 13.2 Å². The first-order chi connectivity index (χ1) is 6.29. The summed E-state index contributed by atoms with van der Waals surface area (Å²) < 4.78 is 12.0. The zero-order valence-electron chi connectivity index (χ0n) is 7.75. The fourth-order valence-electron chi connectivity index (χ4n) is 0.976. The molecule has 1 aromatic heterocycles. The van der Waals surface area contributed by atoms with Crippen molar-refractivity contribution in [3.8, 4) is 0 Å². The predicted molar refractivity (Wildman–Crippen MR) is 58.0 cm³/mol. The molecule has 1 aromatic rings. The zero-order valence-corrected chi connectivity index (χ0v) is 10.2. The summed E-state index contributed by atoms with van der Waals surface area (Å²) >= 11 is 5.10. The Hall–Kier alpha value is 0.100. The second-order valence-corrected chi connectivity index (χ2v) is 4.18. The van der Waals surface area contributed by atoms with Crippen LogP contribution in [0.3, 0.4) is 0 Å². The summed E-state index contributed by atoms with van der Waals surface area (Å²) in [7, 11) is 0. The van der Waals surface area contributed by atoms with Crippen molar-refractivity contribution in [1.82, 2.24) is 0 Å². The minimum absolute atomic E-state index is 0.218. The van der Waals surface area contributed by atoms with Crippen LogP contribution >= 0.6 is 27.3 Å². The zero-order chi connectivity index (χ0) is 9.68. The SMILES string of the molecule is CCOC(OCC)c1sccc1Br. The van der Waals surface area contributed by atoms with Crippen LogP contribution in [-0.4, -0.2) is 13.2 Å². The molecule has 0 bridgehead atoms. The second-order valence-electron chi connectivity index (χ2n) is 2.38. The largest absolute Gasteiger partial charge is 0.348 e. The Morgan fingerprint density at radius 3 is 2.38 bits per heavy atom. The quantitative estimate of drug-likeness (QED) is 0.757. The van der Waals surface area contributed by atoms with Gasteiger partial charge in [0.25, 0.3) is 0 Å². The molecule has 0 spiro atoms. The molecule has 0 aliphatic heterocycles. The highest BCUT2D eigenvalue weighted by Gasteiger charge is 2.15. The summed E-state index contributed by atoms with van der Waals surface area (Å²) in [6, 6.07) is 2.00. The molecule has 13 heavy (non-hydrogen) atoms. The van der Waals surface area contributed by atoms with Crippen molar-refractivity contribution in [3.63, 3.8) is 0 Å². The first kappa shape index (κ1) is 11.2. The monoisotopic (exact) mass is 264 g/mol. The van der Waals surface area contributed by atoms with Gasteiger partial charge >= 0.3 is 0 Å². The van der Waals surface area contributed by atoms with Gasteiger partial charge in [-0.05, 0) is 41.2 Å². The average molecular weight is 265 g/mol. The smallest absolute Gasteiger partial charge is 0.194 e. The van der Waals surface area contributed by atoms with Gasteiger partial charge in [0.15, 0.2) is 6.29 Å². The van der Waals surface area contributed by atoms with E-state index in [1.165, 1.54) is 0 Å². The third-order valence-electron chi connectivity index (χ3n) is 1.49. The molecule has 0 saturated heterocycles. The van der Waals surface area contributed by atoms with Crippen molar-refractivity contribution in [3.05, 3.63) is 20.8 Å². The molecule has 1 heterocycles. The van der Waals surface area contributed by atoms with Gasteiger partial charge in [0, 0.05) is 17.7 Å². The van der Waals surface area contributed by atoms with Crippen LogP contribution < -0.4 is 0 Å². The van der Waals surface area contributed by atoms with E-state index in [-0.39, 0.29) is 6.29 Å². The Balaban J connectivity index is 2.69. The van der Waals surface area contributed by atoms with E-state index in [2.05, 4.69) is 15.9 Å². The Morgan fingerprint density at radius 2 is 2.00 bits per heavy atom. The van der Waals surface area contributed by atoms with Gasteiger partial charge in [0.2, 0.25) is 0 Å². The molecule has 74 valence electrons.